The first-order valence-electron chi connectivity index (χ1n) is 6.51. The van der Waals surface area contributed by atoms with Crippen molar-refractivity contribution < 1.29 is 4.74 Å². The predicted octanol–water partition coefficient (Wildman–Crippen LogP) is 3.72. The van der Waals surface area contributed by atoms with Crippen LogP contribution in [-0.4, -0.2) is 19.0 Å². The number of hydrogen-bond donors (Lipinski definition) is 0. The van der Waals surface area contributed by atoms with Gasteiger partial charge in [-0.3, -0.25) is 0 Å². The van der Waals surface area contributed by atoms with E-state index in [0.717, 1.165) is 23.6 Å². The van der Waals surface area contributed by atoms with Gasteiger partial charge in [0.15, 0.2) is 0 Å². The number of ether oxygens (including phenoxy) is 1. The molecule has 0 saturated carbocycles. The molecule has 2 aromatic carbocycles. The quantitative estimate of drug-likeness (QED) is 0.846. The van der Waals surface area contributed by atoms with Crippen molar-refractivity contribution in [2.45, 2.75) is 13.5 Å². The van der Waals surface area contributed by atoms with Crippen LogP contribution in [0.15, 0.2) is 42.5 Å². The average Bonchev–Trinajstić information content (AvgIpc) is 2.42. The molecule has 0 N–H and O–H groups in total. The number of nitrogens with zero attached hydrogens (tertiary/aromatic N) is 2. The lowest BCUT2D eigenvalue weighted by Crippen LogP contribution is -2.11. The zero-order chi connectivity index (χ0) is 14.5. The number of aryl methyl sites for hydroxylation is 1. The van der Waals surface area contributed by atoms with Crippen molar-refractivity contribution in [2.75, 3.05) is 14.1 Å². The fourth-order valence-corrected chi connectivity index (χ4v) is 2.00. The van der Waals surface area contributed by atoms with Crippen LogP contribution in [0.25, 0.3) is 0 Å². The van der Waals surface area contributed by atoms with Crippen molar-refractivity contribution >= 4 is 0 Å². The molecule has 0 unspecified atom stereocenters. The van der Waals surface area contributed by atoms with E-state index in [4.69, 9.17) is 10.00 Å². The molecule has 3 nitrogen and oxygen atoms in total. The number of benzene rings is 2. The van der Waals surface area contributed by atoms with Crippen LogP contribution in [0.3, 0.4) is 0 Å². The Bertz CT molecular complexity index is 624. The molecule has 0 aliphatic heterocycles. The lowest BCUT2D eigenvalue weighted by Gasteiger charge is -2.15. The van der Waals surface area contributed by atoms with E-state index in [0.29, 0.717) is 5.56 Å². The smallest absolute Gasteiger partial charge is 0.131 e. The van der Waals surface area contributed by atoms with Crippen LogP contribution in [0.1, 0.15) is 16.7 Å². The minimum atomic E-state index is 0.634. The summed E-state index contributed by atoms with van der Waals surface area (Å²) < 4.78 is 5.93. The van der Waals surface area contributed by atoms with Gasteiger partial charge < -0.3 is 9.64 Å². The van der Waals surface area contributed by atoms with Gasteiger partial charge in [-0.1, -0.05) is 17.7 Å². The van der Waals surface area contributed by atoms with Crippen LogP contribution in [-0.2, 0) is 6.54 Å². The van der Waals surface area contributed by atoms with Gasteiger partial charge in [0.1, 0.15) is 11.5 Å². The maximum atomic E-state index is 8.80. The second kappa shape index (κ2) is 6.23. The van der Waals surface area contributed by atoms with E-state index in [-0.39, 0.29) is 0 Å². The zero-order valence-corrected chi connectivity index (χ0v) is 12.1. The van der Waals surface area contributed by atoms with Crippen molar-refractivity contribution in [2.24, 2.45) is 0 Å². The summed E-state index contributed by atoms with van der Waals surface area (Å²) in [5.74, 6) is 1.60. The Kier molecular flexibility index (Phi) is 4.39. The molecule has 0 bridgehead atoms. The Hall–Kier alpha value is -2.31. The molecule has 0 aliphatic rings. The van der Waals surface area contributed by atoms with Crippen molar-refractivity contribution in [1.82, 2.24) is 4.90 Å². The molecular weight excluding hydrogens is 248 g/mol. The summed E-state index contributed by atoms with van der Waals surface area (Å²) in [7, 11) is 4.07. The first-order chi connectivity index (χ1) is 9.58. The SMILES string of the molecule is Cc1ccc(Oc2ccc(C#N)cc2)c(CN(C)C)c1. The van der Waals surface area contributed by atoms with Crippen molar-refractivity contribution in [1.29, 1.82) is 5.26 Å². The minimum Gasteiger partial charge on any atom is -0.457 e. The number of hydrogen-bond acceptors (Lipinski definition) is 3. The lowest BCUT2D eigenvalue weighted by atomic mass is 10.1. The summed E-state index contributed by atoms with van der Waals surface area (Å²) in [5, 5.41) is 8.80. The number of rotatable bonds is 4. The van der Waals surface area contributed by atoms with Crippen molar-refractivity contribution in [3.63, 3.8) is 0 Å². The van der Waals surface area contributed by atoms with Gasteiger partial charge in [0.25, 0.3) is 0 Å². The summed E-state index contributed by atoms with van der Waals surface area (Å²) in [5.41, 5.74) is 3.00. The highest BCUT2D eigenvalue weighted by Gasteiger charge is 2.07. The highest BCUT2D eigenvalue weighted by Crippen LogP contribution is 2.27. The van der Waals surface area contributed by atoms with E-state index < -0.39 is 0 Å². The molecule has 0 spiro atoms. The topological polar surface area (TPSA) is 36.3 Å². The highest BCUT2D eigenvalue weighted by molar-refractivity contribution is 5.42. The molecule has 20 heavy (non-hydrogen) atoms. The third-order valence-corrected chi connectivity index (χ3v) is 2.91. The lowest BCUT2D eigenvalue weighted by molar-refractivity contribution is 0.388. The molecule has 0 atom stereocenters. The standard InChI is InChI=1S/C17H18N2O/c1-13-4-9-17(15(10-13)12-19(2)3)20-16-7-5-14(11-18)6-8-16/h4-10H,12H2,1-3H3. The molecule has 0 aromatic heterocycles. The van der Waals surface area contributed by atoms with E-state index >= 15 is 0 Å². The first kappa shape index (κ1) is 14.1. The van der Waals surface area contributed by atoms with Crippen LogP contribution in [0.5, 0.6) is 11.5 Å². The second-order valence-electron chi connectivity index (χ2n) is 5.09. The molecule has 2 rings (SSSR count). The molecule has 2 aromatic rings. The average molecular weight is 266 g/mol. The molecule has 0 amide bonds. The molecule has 102 valence electrons. The van der Waals surface area contributed by atoms with Gasteiger partial charge in [-0.25, -0.2) is 0 Å². The monoisotopic (exact) mass is 266 g/mol. The van der Waals surface area contributed by atoms with Gasteiger partial charge >= 0.3 is 0 Å². The van der Waals surface area contributed by atoms with Crippen molar-refractivity contribution in [3.05, 3.63) is 59.2 Å². The Morgan fingerprint density at radius 2 is 1.80 bits per heavy atom. The summed E-state index contributed by atoms with van der Waals surface area (Å²) in [6.07, 6.45) is 0. The fourth-order valence-electron chi connectivity index (χ4n) is 2.00. The minimum absolute atomic E-state index is 0.634. The molecule has 0 saturated heterocycles. The predicted molar refractivity (Wildman–Crippen MR) is 79.8 cm³/mol. The Morgan fingerprint density at radius 3 is 2.40 bits per heavy atom. The van der Waals surface area contributed by atoms with Crippen LogP contribution in [0.4, 0.5) is 0 Å². The van der Waals surface area contributed by atoms with E-state index in [1.807, 2.05) is 38.4 Å². The fraction of sp³-hybridized carbons (Fsp3) is 0.235. The van der Waals surface area contributed by atoms with E-state index in [1.165, 1.54) is 5.56 Å². The van der Waals surface area contributed by atoms with E-state index in [1.54, 1.807) is 12.1 Å². The summed E-state index contributed by atoms with van der Waals surface area (Å²) >= 11 is 0. The third-order valence-electron chi connectivity index (χ3n) is 2.91. The largest absolute Gasteiger partial charge is 0.457 e. The van der Waals surface area contributed by atoms with Crippen molar-refractivity contribution in [3.8, 4) is 17.6 Å². The van der Waals surface area contributed by atoms with Gasteiger partial charge in [-0.05, 0) is 51.4 Å². The van der Waals surface area contributed by atoms with Gasteiger partial charge in [0.05, 0.1) is 11.6 Å². The summed E-state index contributed by atoms with van der Waals surface area (Å²) in [6, 6.07) is 15.4. The molecule has 0 heterocycles. The van der Waals surface area contributed by atoms with Gasteiger partial charge in [-0.2, -0.15) is 5.26 Å². The van der Waals surface area contributed by atoms with Gasteiger partial charge in [0.2, 0.25) is 0 Å². The summed E-state index contributed by atoms with van der Waals surface area (Å²) in [4.78, 5) is 2.11. The Labute approximate surface area is 120 Å². The van der Waals surface area contributed by atoms with Gasteiger partial charge in [0, 0.05) is 12.1 Å². The normalized spacial score (nSPS) is 10.3. The van der Waals surface area contributed by atoms with E-state index in [2.05, 4.69) is 24.0 Å². The second-order valence-corrected chi connectivity index (χ2v) is 5.09. The maximum Gasteiger partial charge on any atom is 0.131 e. The molecule has 0 radical (unpaired) electrons. The van der Waals surface area contributed by atoms with Crippen LogP contribution < -0.4 is 4.74 Å². The molecular formula is C17H18N2O. The first-order valence-corrected chi connectivity index (χ1v) is 6.51. The molecule has 0 fully saturated rings. The van der Waals surface area contributed by atoms with Crippen LogP contribution in [0, 0.1) is 18.3 Å². The molecule has 0 aliphatic carbocycles. The zero-order valence-electron chi connectivity index (χ0n) is 12.1. The third kappa shape index (κ3) is 3.59. The Morgan fingerprint density at radius 1 is 1.10 bits per heavy atom. The summed E-state index contributed by atoms with van der Waals surface area (Å²) in [6.45, 7) is 2.90. The van der Waals surface area contributed by atoms with Crippen LogP contribution in [0.2, 0.25) is 0 Å². The Balaban J connectivity index is 2.25. The highest BCUT2D eigenvalue weighted by atomic mass is 16.5. The molecule has 3 heteroatoms. The maximum absolute atomic E-state index is 8.80. The van der Waals surface area contributed by atoms with Gasteiger partial charge in [-0.15, -0.1) is 0 Å². The van der Waals surface area contributed by atoms with Crippen LogP contribution >= 0.6 is 0 Å². The van der Waals surface area contributed by atoms with E-state index in [9.17, 15) is 0 Å². The number of nitriles is 1.